The molecule has 0 aromatic heterocycles. The van der Waals surface area contributed by atoms with E-state index in [2.05, 4.69) is 5.32 Å². The summed E-state index contributed by atoms with van der Waals surface area (Å²) in [5, 5.41) is 3.75. The maximum absolute atomic E-state index is 5.96. The Morgan fingerprint density at radius 3 is 2.76 bits per heavy atom. The molecule has 2 saturated heterocycles. The molecular formula is C14H25NO2. The Balaban J connectivity index is 1.41. The summed E-state index contributed by atoms with van der Waals surface area (Å²) in [4.78, 5) is 0. The molecule has 1 saturated carbocycles. The highest BCUT2D eigenvalue weighted by Crippen LogP contribution is 2.42. The summed E-state index contributed by atoms with van der Waals surface area (Å²) in [5.41, 5.74) is 0.277. The maximum atomic E-state index is 5.96. The molecule has 2 atom stereocenters. The normalized spacial score (nSPS) is 36.7. The van der Waals surface area contributed by atoms with Crippen LogP contribution in [-0.2, 0) is 9.47 Å². The van der Waals surface area contributed by atoms with Crippen LogP contribution in [0.15, 0.2) is 0 Å². The second-order valence-electron chi connectivity index (χ2n) is 6.07. The van der Waals surface area contributed by atoms with Crippen LogP contribution in [0.3, 0.4) is 0 Å². The van der Waals surface area contributed by atoms with Gasteiger partial charge in [0, 0.05) is 25.8 Å². The summed E-state index contributed by atoms with van der Waals surface area (Å²) < 4.78 is 11.5. The lowest BCUT2D eigenvalue weighted by molar-refractivity contribution is -0.136. The predicted octanol–water partition coefficient (Wildman–Crippen LogP) is 2.10. The van der Waals surface area contributed by atoms with Gasteiger partial charge in [-0.05, 0) is 50.9 Å². The van der Waals surface area contributed by atoms with Crippen molar-refractivity contribution in [3.8, 4) is 0 Å². The smallest absolute Gasteiger partial charge is 0.0697 e. The lowest BCUT2D eigenvalue weighted by Crippen LogP contribution is -2.51. The van der Waals surface area contributed by atoms with E-state index in [0.717, 1.165) is 32.3 Å². The zero-order valence-corrected chi connectivity index (χ0v) is 10.7. The largest absolute Gasteiger partial charge is 0.381 e. The summed E-state index contributed by atoms with van der Waals surface area (Å²) >= 11 is 0. The second kappa shape index (κ2) is 5.25. The van der Waals surface area contributed by atoms with E-state index >= 15 is 0 Å². The fourth-order valence-electron chi connectivity index (χ4n) is 3.42. The van der Waals surface area contributed by atoms with Gasteiger partial charge < -0.3 is 14.8 Å². The summed E-state index contributed by atoms with van der Waals surface area (Å²) in [7, 11) is 0. The van der Waals surface area contributed by atoms with Crippen LogP contribution in [0.4, 0.5) is 0 Å². The molecule has 98 valence electrons. The third-order valence-electron chi connectivity index (χ3n) is 4.71. The lowest BCUT2D eigenvalue weighted by atomic mass is 9.74. The Morgan fingerprint density at radius 1 is 1.12 bits per heavy atom. The molecule has 0 aromatic carbocycles. The zero-order chi connectivity index (χ0) is 11.6. The van der Waals surface area contributed by atoms with Gasteiger partial charge in [-0.25, -0.2) is 0 Å². The Kier molecular flexibility index (Phi) is 3.69. The Labute approximate surface area is 104 Å². The molecule has 1 spiro atoms. The van der Waals surface area contributed by atoms with Crippen molar-refractivity contribution in [1.82, 2.24) is 5.32 Å². The molecule has 2 aliphatic heterocycles. The average molecular weight is 239 g/mol. The van der Waals surface area contributed by atoms with Gasteiger partial charge in [-0.2, -0.15) is 0 Å². The van der Waals surface area contributed by atoms with E-state index in [9.17, 15) is 0 Å². The van der Waals surface area contributed by atoms with Crippen molar-refractivity contribution in [3.63, 3.8) is 0 Å². The van der Waals surface area contributed by atoms with Crippen LogP contribution in [0.5, 0.6) is 0 Å². The van der Waals surface area contributed by atoms with Crippen molar-refractivity contribution in [2.24, 2.45) is 5.92 Å². The van der Waals surface area contributed by atoms with Crippen LogP contribution in [0.2, 0.25) is 0 Å². The molecule has 3 nitrogen and oxygen atoms in total. The van der Waals surface area contributed by atoms with Gasteiger partial charge in [-0.3, -0.25) is 0 Å². The topological polar surface area (TPSA) is 30.5 Å². The van der Waals surface area contributed by atoms with E-state index < -0.39 is 0 Å². The first-order valence-corrected chi connectivity index (χ1v) is 7.31. The fourth-order valence-corrected chi connectivity index (χ4v) is 3.42. The zero-order valence-electron chi connectivity index (χ0n) is 10.7. The molecule has 0 aromatic rings. The van der Waals surface area contributed by atoms with Crippen LogP contribution >= 0.6 is 0 Å². The summed E-state index contributed by atoms with van der Waals surface area (Å²) in [6.45, 7) is 4.03. The van der Waals surface area contributed by atoms with Gasteiger partial charge in [0.1, 0.15) is 0 Å². The van der Waals surface area contributed by atoms with E-state index in [1.165, 1.54) is 44.9 Å². The van der Waals surface area contributed by atoms with Gasteiger partial charge >= 0.3 is 0 Å². The van der Waals surface area contributed by atoms with Crippen molar-refractivity contribution >= 4 is 0 Å². The van der Waals surface area contributed by atoms with Crippen molar-refractivity contribution in [2.45, 2.75) is 56.6 Å². The van der Waals surface area contributed by atoms with Crippen molar-refractivity contribution < 1.29 is 9.47 Å². The van der Waals surface area contributed by atoms with Gasteiger partial charge in [-0.15, -0.1) is 0 Å². The summed E-state index contributed by atoms with van der Waals surface area (Å²) in [6, 6.07) is 0.686. The predicted molar refractivity (Wildman–Crippen MR) is 67.1 cm³/mol. The molecule has 3 heteroatoms. The number of rotatable bonds is 3. The number of nitrogens with one attached hydrogen (secondary N) is 1. The van der Waals surface area contributed by atoms with Crippen molar-refractivity contribution in [2.75, 3.05) is 26.4 Å². The molecule has 3 aliphatic rings. The van der Waals surface area contributed by atoms with E-state index in [-0.39, 0.29) is 5.60 Å². The van der Waals surface area contributed by atoms with E-state index in [1.54, 1.807) is 0 Å². The van der Waals surface area contributed by atoms with Crippen LogP contribution in [0.25, 0.3) is 0 Å². The molecular weight excluding hydrogens is 214 g/mol. The number of hydrogen-bond donors (Lipinski definition) is 1. The Bertz CT molecular complexity index is 247. The Morgan fingerprint density at radius 2 is 2.06 bits per heavy atom. The molecule has 17 heavy (non-hydrogen) atoms. The highest BCUT2D eigenvalue weighted by Gasteiger charge is 2.42. The van der Waals surface area contributed by atoms with Crippen molar-refractivity contribution in [1.29, 1.82) is 0 Å². The molecule has 3 fully saturated rings. The number of hydrogen-bond acceptors (Lipinski definition) is 3. The molecule has 2 heterocycles. The first kappa shape index (κ1) is 11.9. The second-order valence-corrected chi connectivity index (χ2v) is 6.07. The third kappa shape index (κ3) is 2.83. The van der Waals surface area contributed by atoms with E-state index in [1.807, 2.05) is 0 Å². The fraction of sp³-hybridized carbons (Fsp3) is 1.00. The van der Waals surface area contributed by atoms with Crippen molar-refractivity contribution in [3.05, 3.63) is 0 Å². The molecule has 1 N–H and O–H groups in total. The van der Waals surface area contributed by atoms with Gasteiger partial charge in [0.15, 0.2) is 0 Å². The average Bonchev–Trinajstić information content (AvgIpc) is 2.36. The SMILES string of the molecule is C1COCC(CNC2CCOC3(CCC3)C2)C1. The molecule has 3 rings (SSSR count). The first-order valence-electron chi connectivity index (χ1n) is 7.31. The summed E-state index contributed by atoms with van der Waals surface area (Å²) in [5.74, 6) is 0.740. The lowest BCUT2D eigenvalue weighted by Gasteiger charge is -2.47. The quantitative estimate of drug-likeness (QED) is 0.818. The van der Waals surface area contributed by atoms with Crippen LogP contribution in [0.1, 0.15) is 44.9 Å². The van der Waals surface area contributed by atoms with Gasteiger partial charge in [-0.1, -0.05) is 0 Å². The highest BCUT2D eigenvalue weighted by atomic mass is 16.5. The summed E-state index contributed by atoms with van der Waals surface area (Å²) in [6.07, 6.45) is 8.94. The van der Waals surface area contributed by atoms with E-state index in [4.69, 9.17) is 9.47 Å². The van der Waals surface area contributed by atoms with Gasteiger partial charge in [0.05, 0.1) is 12.2 Å². The van der Waals surface area contributed by atoms with Crippen LogP contribution < -0.4 is 5.32 Å². The van der Waals surface area contributed by atoms with Crippen LogP contribution in [-0.4, -0.2) is 38.0 Å². The molecule has 2 unspecified atom stereocenters. The number of ether oxygens (including phenoxy) is 2. The third-order valence-corrected chi connectivity index (χ3v) is 4.71. The van der Waals surface area contributed by atoms with Crippen LogP contribution in [0, 0.1) is 5.92 Å². The van der Waals surface area contributed by atoms with Gasteiger partial charge in [0.2, 0.25) is 0 Å². The van der Waals surface area contributed by atoms with E-state index in [0.29, 0.717) is 6.04 Å². The standard InChI is InChI=1S/C14H25NO2/c1-3-12(11-16-7-1)10-15-13-4-8-17-14(9-13)5-2-6-14/h12-13,15H,1-11H2. The first-order chi connectivity index (χ1) is 8.36. The minimum atomic E-state index is 0.277. The molecule has 0 amide bonds. The van der Waals surface area contributed by atoms with Gasteiger partial charge in [0.25, 0.3) is 0 Å². The Hall–Kier alpha value is -0.120. The highest BCUT2D eigenvalue weighted by molar-refractivity contribution is 4.96. The minimum absolute atomic E-state index is 0.277. The minimum Gasteiger partial charge on any atom is -0.381 e. The maximum Gasteiger partial charge on any atom is 0.0697 e. The molecule has 1 aliphatic carbocycles. The molecule has 0 radical (unpaired) electrons. The monoisotopic (exact) mass is 239 g/mol. The molecule has 0 bridgehead atoms.